The fraction of sp³-hybridized carbons (Fsp3) is 0.833. The van der Waals surface area contributed by atoms with E-state index in [1.807, 2.05) is 0 Å². The number of nitrogens with one attached hydrogen (secondary N) is 1. The van der Waals surface area contributed by atoms with Crippen molar-refractivity contribution in [3.05, 3.63) is 0 Å². The summed E-state index contributed by atoms with van der Waals surface area (Å²) in [5.41, 5.74) is 4.47. The van der Waals surface area contributed by atoms with Gasteiger partial charge in [-0.2, -0.15) is 4.98 Å². The van der Waals surface area contributed by atoms with Crippen molar-refractivity contribution in [3.8, 4) is 0 Å². The van der Waals surface area contributed by atoms with Gasteiger partial charge in [-0.15, -0.1) is 5.10 Å². The van der Waals surface area contributed by atoms with Crippen molar-refractivity contribution >= 4 is 29.5 Å². The molecule has 0 spiro atoms. The first-order chi connectivity index (χ1) is 15.5. The van der Waals surface area contributed by atoms with Gasteiger partial charge in [0, 0.05) is 17.8 Å². The molecule has 0 saturated heterocycles. The second-order valence-electron chi connectivity index (χ2n) is 11.2. The van der Waals surface area contributed by atoms with E-state index in [4.69, 9.17) is 10.5 Å². The van der Waals surface area contributed by atoms with Gasteiger partial charge < -0.3 is 15.6 Å². The minimum Gasteiger partial charge on any atom is -0.461 e. The molecule has 3 aliphatic carbocycles. The Morgan fingerprint density at radius 3 is 2.70 bits per heavy atom. The van der Waals surface area contributed by atoms with Crippen molar-refractivity contribution in [3.63, 3.8) is 0 Å². The Morgan fingerprint density at radius 1 is 1.33 bits per heavy atom. The van der Waals surface area contributed by atoms with Crippen molar-refractivity contribution in [1.82, 2.24) is 15.2 Å². The molecule has 8 atom stereocenters. The van der Waals surface area contributed by atoms with Crippen LogP contribution in [0.5, 0.6) is 0 Å². The lowest BCUT2D eigenvalue weighted by molar-refractivity contribution is -0.211. The van der Waals surface area contributed by atoms with Gasteiger partial charge in [0.05, 0.1) is 11.9 Å². The van der Waals surface area contributed by atoms with Crippen LogP contribution in [0.1, 0.15) is 73.1 Å². The van der Waals surface area contributed by atoms with Crippen LogP contribution in [-0.2, 0) is 14.3 Å². The summed E-state index contributed by atoms with van der Waals surface area (Å²) in [6.45, 7) is 10.7. The number of anilines is 1. The smallest absolute Gasteiger partial charge is 0.316 e. The molecular formula is C24H38N4O4S. The molecule has 0 radical (unpaired) electrons. The molecule has 3 saturated carbocycles. The van der Waals surface area contributed by atoms with E-state index in [1.54, 1.807) is 0 Å². The summed E-state index contributed by atoms with van der Waals surface area (Å²) in [5, 5.41) is 18.5. The number of aliphatic hydroxyl groups is 1. The lowest BCUT2D eigenvalue weighted by atomic mass is 9.43. The number of ketones is 1. The average molecular weight is 479 g/mol. The number of hydrogen-bond acceptors (Lipinski definition) is 8. The number of nitrogen functional groups attached to an aromatic ring is 1. The van der Waals surface area contributed by atoms with E-state index in [-0.39, 0.29) is 46.6 Å². The third-order valence-corrected chi connectivity index (χ3v) is 10.6. The summed E-state index contributed by atoms with van der Waals surface area (Å²) < 4.78 is 6.23. The van der Waals surface area contributed by atoms with E-state index in [0.29, 0.717) is 18.0 Å². The van der Waals surface area contributed by atoms with Crippen LogP contribution in [0, 0.1) is 34.0 Å². The monoisotopic (exact) mass is 478 g/mol. The van der Waals surface area contributed by atoms with Crippen LogP contribution >= 0.6 is 11.8 Å². The van der Waals surface area contributed by atoms with Crippen LogP contribution in [-0.4, -0.2) is 50.0 Å². The van der Waals surface area contributed by atoms with E-state index in [2.05, 4.69) is 49.8 Å². The van der Waals surface area contributed by atoms with Gasteiger partial charge in [0.2, 0.25) is 11.1 Å². The number of carbonyl (C=O) groups is 2. The molecule has 1 heterocycles. The minimum atomic E-state index is -0.555. The maximum absolute atomic E-state index is 13.4. The molecule has 3 aliphatic rings. The molecule has 184 valence electrons. The normalized spacial score (nSPS) is 43.0. The summed E-state index contributed by atoms with van der Waals surface area (Å²) in [4.78, 5) is 30.5. The number of thioether (sulfide) groups is 1. The summed E-state index contributed by atoms with van der Waals surface area (Å²) >= 11 is 1.17. The maximum Gasteiger partial charge on any atom is 0.316 e. The van der Waals surface area contributed by atoms with Gasteiger partial charge in [-0.3, -0.25) is 9.59 Å². The van der Waals surface area contributed by atoms with Gasteiger partial charge in [0.1, 0.15) is 11.9 Å². The van der Waals surface area contributed by atoms with Gasteiger partial charge in [-0.05, 0) is 54.8 Å². The molecule has 33 heavy (non-hydrogen) atoms. The van der Waals surface area contributed by atoms with E-state index in [1.165, 1.54) is 11.8 Å². The molecule has 0 aromatic carbocycles. The number of aromatic nitrogens is 3. The second-order valence-corrected chi connectivity index (χ2v) is 12.1. The predicted octanol–water partition coefficient (Wildman–Crippen LogP) is 3.61. The number of esters is 1. The number of hydrogen-bond donors (Lipinski definition) is 3. The minimum absolute atomic E-state index is 0.0223. The van der Waals surface area contributed by atoms with Crippen molar-refractivity contribution in [1.29, 1.82) is 0 Å². The quantitative estimate of drug-likeness (QED) is 0.432. The number of ether oxygens (including phenoxy) is 1. The summed E-state index contributed by atoms with van der Waals surface area (Å²) in [5.74, 6) is 0.239. The standard InChI is InChI=1S/C24H38N4O4S/c1-6-22(4)11-16(32-17(30)12-33-21-26-20(25)27-28-21)23(5)13(2)7-9-24(14(3)19(22)31)10-8-15(29)18(23)24/h13-14,16,18-19,31H,6-12H2,1-5H3,(H3,25,26,27,28)/t13-,14+,16-,18+,19+,22-,23?,24+/m1/s1. The molecule has 9 heteroatoms. The number of rotatable bonds is 5. The fourth-order valence-corrected chi connectivity index (χ4v) is 7.93. The van der Waals surface area contributed by atoms with Crippen molar-refractivity contribution in [2.24, 2.45) is 34.0 Å². The van der Waals surface area contributed by atoms with Gasteiger partial charge in [-0.25, -0.2) is 5.10 Å². The molecule has 1 unspecified atom stereocenters. The van der Waals surface area contributed by atoms with Crippen LogP contribution in [0.15, 0.2) is 5.16 Å². The molecule has 0 amide bonds. The van der Waals surface area contributed by atoms with Gasteiger partial charge in [0.25, 0.3) is 0 Å². The summed E-state index contributed by atoms with van der Waals surface area (Å²) in [6, 6.07) is 0. The SMILES string of the molecule is CC[C@]1(C)C[C@@H](OC(=O)CSc2n[nH]c(N)n2)C2(C)[C@H](C)CC[C@]3(CCC(=O)[C@@H]23)[C@@H](C)[C@@H]1O. The number of aliphatic hydroxyl groups excluding tert-OH is 1. The zero-order chi connectivity index (χ0) is 24.2. The number of nitrogens with zero attached hydrogens (tertiary/aromatic N) is 2. The number of H-pyrrole nitrogens is 1. The predicted molar refractivity (Wildman–Crippen MR) is 126 cm³/mol. The number of nitrogens with two attached hydrogens (primary N) is 1. The largest absolute Gasteiger partial charge is 0.461 e. The first kappa shape index (κ1) is 24.5. The van der Waals surface area contributed by atoms with Gasteiger partial charge >= 0.3 is 5.97 Å². The molecule has 4 rings (SSSR count). The van der Waals surface area contributed by atoms with E-state index < -0.39 is 23.0 Å². The maximum atomic E-state index is 13.4. The highest BCUT2D eigenvalue weighted by atomic mass is 32.2. The van der Waals surface area contributed by atoms with Crippen LogP contribution in [0.25, 0.3) is 0 Å². The zero-order valence-corrected chi connectivity index (χ0v) is 21.2. The average Bonchev–Trinajstić information content (AvgIpc) is 3.36. The zero-order valence-electron chi connectivity index (χ0n) is 20.4. The summed E-state index contributed by atoms with van der Waals surface area (Å²) in [7, 11) is 0. The molecule has 8 nitrogen and oxygen atoms in total. The van der Waals surface area contributed by atoms with E-state index >= 15 is 0 Å². The molecular weight excluding hydrogens is 440 g/mol. The number of carbonyl (C=O) groups excluding carboxylic acids is 2. The van der Waals surface area contributed by atoms with Gasteiger partial charge in [-0.1, -0.05) is 46.4 Å². The van der Waals surface area contributed by atoms with Crippen molar-refractivity contribution < 1.29 is 19.4 Å². The molecule has 1 aromatic rings. The first-order valence-corrected chi connectivity index (χ1v) is 13.2. The third kappa shape index (κ3) is 3.79. The highest BCUT2D eigenvalue weighted by Gasteiger charge is 2.68. The number of aromatic amines is 1. The topological polar surface area (TPSA) is 131 Å². The second kappa shape index (κ2) is 8.56. The van der Waals surface area contributed by atoms with E-state index in [9.17, 15) is 14.7 Å². The Bertz CT molecular complexity index is 924. The van der Waals surface area contributed by atoms with Crippen molar-refractivity contribution in [2.75, 3.05) is 11.5 Å². The lowest BCUT2D eigenvalue weighted by Gasteiger charge is -2.62. The van der Waals surface area contributed by atoms with Crippen LogP contribution < -0.4 is 5.73 Å². The lowest BCUT2D eigenvalue weighted by Crippen LogP contribution is -2.63. The Labute approximate surface area is 200 Å². The highest BCUT2D eigenvalue weighted by molar-refractivity contribution is 7.99. The van der Waals surface area contributed by atoms with Crippen LogP contribution in [0.2, 0.25) is 0 Å². The third-order valence-electron chi connectivity index (χ3n) is 9.78. The van der Waals surface area contributed by atoms with Crippen LogP contribution in [0.4, 0.5) is 5.95 Å². The Hall–Kier alpha value is -1.61. The fourth-order valence-electron chi connectivity index (χ4n) is 7.35. The molecule has 2 bridgehead atoms. The number of Topliss-reactive ketones (excluding diaryl/α,β-unsaturated/α-hetero) is 1. The first-order valence-electron chi connectivity index (χ1n) is 12.2. The molecule has 3 fully saturated rings. The highest BCUT2D eigenvalue weighted by Crippen LogP contribution is 2.68. The Balaban J connectivity index is 1.69. The van der Waals surface area contributed by atoms with Crippen molar-refractivity contribution in [2.45, 2.75) is 90.5 Å². The van der Waals surface area contributed by atoms with Gasteiger partial charge in [0.15, 0.2) is 0 Å². The Kier molecular flexibility index (Phi) is 6.36. The molecule has 0 aliphatic heterocycles. The summed E-state index contributed by atoms with van der Waals surface area (Å²) in [6.07, 6.45) is 3.60. The Morgan fingerprint density at radius 2 is 2.06 bits per heavy atom. The molecule has 4 N–H and O–H groups in total. The van der Waals surface area contributed by atoms with E-state index in [0.717, 1.165) is 25.7 Å². The molecule has 1 aromatic heterocycles. The van der Waals surface area contributed by atoms with Crippen LogP contribution in [0.3, 0.4) is 0 Å².